The molecule has 3 nitrogen and oxygen atoms in total. The standard InChI is InChI=1S/C18H27NO2/c1-14-8-6-7-11-16(14)19-18(20)17(21-2)13-12-15-9-4-3-5-10-15/h6-8,11,15,17H,3-5,9-10,12-13H2,1-2H3,(H,19,20). The fourth-order valence-corrected chi connectivity index (χ4v) is 3.15. The molecule has 1 saturated carbocycles. The van der Waals surface area contributed by atoms with Gasteiger partial charge in [0.1, 0.15) is 6.10 Å². The molecule has 1 amide bonds. The van der Waals surface area contributed by atoms with E-state index in [0.717, 1.165) is 30.0 Å². The van der Waals surface area contributed by atoms with E-state index >= 15 is 0 Å². The lowest BCUT2D eigenvalue weighted by atomic mass is 9.85. The second kappa shape index (κ2) is 8.18. The zero-order valence-corrected chi connectivity index (χ0v) is 13.2. The van der Waals surface area contributed by atoms with Crippen LogP contribution in [0.15, 0.2) is 24.3 Å². The fourth-order valence-electron chi connectivity index (χ4n) is 3.15. The summed E-state index contributed by atoms with van der Waals surface area (Å²) in [6.07, 6.45) is 8.27. The topological polar surface area (TPSA) is 38.3 Å². The van der Waals surface area contributed by atoms with E-state index in [2.05, 4.69) is 5.32 Å². The number of benzene rings is 1. The van der Waals surface area contributed by atoms with Crippen LogP contribution in [-0.2, 0) is 9.53 Å². The molecule has 0 aromatic heterocycles. The van der Waals surface area contributed by atoms with Crippen molar-refractivity contribution < 1.29 is 9.53 Å². The zero-order valence-electron chi connectivity index (χ0n) is 13.2. The van der Waals surface area contributed by atoms with Gasteiger partial charge in [-0.05, 0) is 37.3 Å². The number of carbonyl (C=O) groups excluding carboxylic acids is 1. The van der Waals surface area contributed by atoms with Crippen LogP contribution in [0.25, 0.3) is 0 Å². The van der Waals surface area contributed by atoms with Crippen LogP contribution in [0.3, 0.4) is 0 Å². The summed E-state index contributed by atoms with van der Waals surface area (Å²) >= 11 is 0. The number of hydrogen-bond donors (Lipinski definition) is 1. The van der Waals surface area contributed by atoms with Crippen LogP contribution in [0.1, 0.15) is 50.5 Å². The van der Waals surface area contributed by atoms with Crippen molar-refractivity contribution >= 4 is 11.6 Å². The number of para-hydroxylation sites is 1. The Kier molecular flexibility index (Phi) is 6.24. The van der Waals surface area contributed by atoms with Gasteiger partial charge in [0.05, 0.1) is 0 Å². The highest BCUT2D eigenvalue weighted by Gasteiger charge is 2.21. The molecular formula is C18H27NO2. The summed E-state index contributed by atoms with van der Waals surface area (Å²) < 4.78 is 5.40. The van der Waals surface area contributed by atoms with Gasteiger partial charge in [-0.2, -0.15) is 0 Å². The van der Waals surface area contributed by atoms with Gasteiger partial charge in [0.25, 0.3) is 5.91 Å². The molecule has 1 aliphatic rings. The van der Waals surface area contributed by atoms with E-state index in [1.54, 1.807) is 7.11 Å². The Morgan fingerprint density at radius 1 is 1.29 bits per heavy atom. The minimum atomic E-state index is -0.341. The minimum Gasteiger partial charge on any atom is -0.372 e. The van der Waals surface area contributed by atoms with Gasteiger partial charge >= 0.3 is 0 Å². The average Bonchev–Trinajstić information content (AvgIpc) is 2.51. The predicted octanol–water partition coefficient (Wildman–Crippen LogP) is 4.31. The van der Waals surface area contributed by atoms with Crippen molar-refractivity contribution in [3.8, 4) is 0 Å². The van der Waals surface area contributed by atoms with Gasteiger partial charge in [-0.3, -0.25) is 4.79 Å². The van der Waals surface area contributed by atoms with Crippen LogP contribution in [0.2, 0.25) is 0 Å². The van der Waals surface area contributed by atoms with E-state index in [-0.39, 0.29) is 12.0 Å². The summed E-state index contributed by atoms with van der Waals surface area (Å²) in [6.45, 7) is 2.00. The van der Waals surface area contributed by atoms with Gasteiger partial charge < -0.3 is 10.1 Å². The summed E-state index contributed by atoms with van der Waals surface area (Å²) in [5.41, 5.74) is 1.95. The highest BCUT2D eigenvalue weighted by Crippen LogP contribution is 2.28. The first-order valence-corrected chi connectivity index (χ1v) is 8.10. The van der Waals surface area contributed by atoms with Crippen LogP contribution >= 0.6 is 0 Å². The highest BCUT2D eigenvalue weighted by molar-refractivity contribution is 5.94. The monoisotopic (exact) mass is 289 g/mol. The number of ether oxygens (including phenoxy) is 1. The lowest BCUT2D eigenvalue weighted by Crippen LogP contribution is -2.30. The van der Waals surface area contributed by atoms with Crippen molar-refractivity contribution in [2.24, 2.45) is 5.92 Å². The van der Waals surface area contributed by atoms with E-state index in [9.17, 15) is 4.79 Å². The molecule has 3 heteroatoms. The van der Waals surface area contributed by atoms with Crippen molar-refractivity contribution in [3.63, 3.8) is 0 Å². The molecule has 0 aliphatic heterocycles. The van der Waals surface area contributed by atoms with Gasteiger partial charge in [-0.15, -0.1) is 0 Å². The number of aryl methyl sites for hydroxylation is 1. The summed E-state index contributed by atoms with van der Waals surface area (Å²) in [5.74, 6) is 0.755. The summed E-state index contributed by atoms with van der Waals surface area (Å²) in [5, 5.41) is 2.99. The minimum absolute atomic E-state index is 0.0254. The third-order valence-corrected chi connectivity index (χ3v) is 4.54. The SMILES string of the molecule is COC(CCC1CCCCC1)C(=O)Nc1ccccc1C. The third-order valence-electron chi connectivity index (χ3n) is 4.54. The Morgan fingerprint density at radius 2 is 2.00 bits per heavy atom. The first-order chi connectivity index (χ1) is 10.2. The summed E-state index contributed by atoms with van der Waals surface area (Å²) in [6, 6.07) is 7.84. The predicted molar refractivity (Wildman–Crippen MR) is 86.4 cm³/mol. The first kappa shape index (κ1) is 16.0. The van der Waals surface area contributed by atoms with Crippen LogP contribution in [0.5, 0.6) is 0 Å². The smallest absolute Gasteiger partial charge is 0.253 e. The van der Waals surface area contributed by atoms with E-state index in [4.69, 9.17) is 4.74 Å². The van der Waals surface area contributed by atoms with E-state index < -0.39 is 0 Å². The number of nitrogens with one attached hydrogen (secondary N) is 1. The summed E-state index contributed by atoms with van der Waals surface area (Å²) in [4.78, 5) is 12.3. The normalized spacial score (nSPS) is 17.4. The van der Waals surface area contributed by atoms with Crippen LogP contribution in [0.4, 0.5) is 5.69 Å². The molecule has 2 rings (SSSR count). The second-order valence-corrected chi connectivity index (χ2v) is 6.11. The number of rotatable bonds is 6. The second-order valence-electron chi connectivity index (χ2n) is 6.11. The number of carbonyl (C=O) groups is 1. The molecule has 116 valence electrons. The highest BCUT2D eigenvalue weighted by atomic mass is 16.5. The van der Waals surface area contributed by atoms with Gasteiger partial charge in [0.15, 0.2) is 0 Å². The summed E-state index contributed by atoms with van der Waals surface area (Å²) in [7, 11) is 1.63. The van der Waals surface area contributed by atoms with Gasteiger partial charge in [0, 0.05) is 12.8 Å². The molecule has 1 aliphatic carbocycles. The van der Waals surface area contributed by atoms with Crippen molar-refractivity contribution in [1.82, 2.24) is 0 Å². The lowest BCUT2D eigenvalue weighted by Gasteiger charge is -2.23. The Labute approximate surface area is 128 Å². The molecule has 1 atom stereocenters. The number of amides is 1. The fraction of sp³-hybridized carbons (Fsp3) is 0.611. The molecule has 21 heavy (non-hydrogen) atoms. The number of hydrogen-bond acceptors (Lipinski definition) is 2. The third kappa shape index (κ3) is 4.85. The molecule has 0 radical (unpaired) electrons. The van der Waals surface area contributed by atoms with E-state index in [0.29, 0.717) is 0 Å². The quantitative estimate of drug-likeness (QED) is 0.847. The molecule has 0 heterocycles. The van der Waals surface area contributed by atoms with E-state index in [1.807, 2.05) is 31.2 Å². The molecule has 1 aromatic carbocycles. The molecule has 1 fully saturated rings. The molecule has 0 spiro atoms. The maximum Gasteiger partial charge on any atom is 0.253 e. The number of anilines is 1. The Balaban J connectivity index is 1.84. The van der Waals surface area contributed by atoms with Crippen molar-refractivity contribution in [2.45, 2.75) is 58.0 Å². The molecular weight excluding hydrogens is 262 g/mol. The lowest BCUT2D eigenvalue weighted by molar-refractivity contribution is -0.126. The Hall–Kier alpha value is -1.35. The van der Waals surface area contributed by atoms with Crippen LogP contribution in [-0.4, -0.2) is 19.1 Å². The Morgan fingerprint density at radius 3 is 2.67 bits per heavy atom. The maximum absolute atomic E-state index is 12.3. The van der Waals surface area contributed by atoms with Crippen molar-refractivity contribution in [1.29, 1.82) is 0 Å². The van der Waals surface area contributed by atoms with Crippen LogP contribution < -0.4 is 5.32 Å². The molecule has 0 bridgehead atoms. The first-order valence-electron chi connectivity index (χ1n) is 8.10. The van der Waals surface area contributed by atoms with Gasteiger partial charge in [-0.1, -0.05) is 50.3 Å². The zero-order chi connectivity index (χ0) is 15.1. The largest absolute Gasteiger partial charge is 0.372 e. The van der Waals surface area contributed by atoms with Gasteiger partial charge in [-0.25, -0.2) is 0 Å². The van der Waals surface area contributed by atoms with Crippen molar-refractivity contribution in [3.05, 3.63) is 29.8 Å². The van der Waals surface area contributed by atoms with Gasteiger partial charge in [0.2, 0.25) is 0 Å². The Bertz CT molecular complexity index is 452. The molecule has 1 aromatic rings. The van der Waals surface area contributed by atoms with Crippen molar-refractivity contribution in [2.75, 3.05) is 12.4 Å². The molecule has 1 N–H and O–H groups in total. The average molecular weight is 289 g/mol. The molecule has 1 unspecified atom stereocenters. The van der Waals surface area contributed by atoms with Crippen LogP contribution in [0, 0.1) is 12.8 Å². The molecule has 0 saturated heterocycles. The maximum atomic E-state index is 12.3. The van der Waals surface area contributed by atoms with E-state index in [1.165, 1.54) is 32.1 Å². The number of methoxy groups -OCH3 is 1.